The van der Waals surface area contributed by atoms with Crippen molar-refractivity contribution < 1.29 is 0 Å². The number of aromatic nitrogens is 2. The average molecular weight is 176 g/mol. The van der Waals surface area contributed by atoms with Gasteiger partial charge in [-0.3, -0.25) is 5.32 Å². The van der Waals surface area contributed by atoms with Crippen molar-refractivity contribution in [1.82, 2.24) is 14.9 Å². The molecular formula is C9H12N4. The van der Waals surface area contributed by atoms with Crippen LogP contribution < -0.4 is 5.32 Å². The zero-order valence-corrected chi connectivity index (χ0v) is 7.57. The summed E-state index contributed by atoms with van der Waals surface area (Å²) < 4.78 is 1.82. The van der Waals surface area contributed by atoms with E-state index < -0.39 is 0 Å². The fourth-order valence-electron chi connectivity index (χ4n) is 1.06. The fourth-order valence-corrected chi connectivity index (χ4v) is 1.06. The van der Waals surface area contributed by atoms with Crippen molar-refractivity contribution >= 4 is 0 Å². The largest absolute Gasteiger partial charge is 0.335 e. The summed E-state index contributed by atoms with van der Waals surface area (Å²) in [7, 11) is 1.86. The van der Waals surface area contributed by atoms with Gasteiger partial charge in [0.25, 0.3) is 0 Å². The first-order valence-corrected chi connectivity index (χ1v) is 3.99. The molecule has 0 radical (unpaired) electrons. The van der Waals surface area contributed by atoms with E-state index in [1.54, 1.807) is 18.6 Å². The molecule has 1 atom stereocenters. The van der Waals surface area contributed by atoms with E-state index in [1.165, 1.54) is 0 Å². The van der Waals surface area contributed by atoms with E-state index in [1.807, 2.05) is 11.6 Å². The SMILES string of the molecule is C=CCNC(C#N)c1cncn1C. The first-order valence-electron chi connectivity index (χ1n) is 3.99. The van der Waals surface area contributed by atoms with Crippen LogP contribution >= 0.6 is 0 Å². The first kappa shape index (κ1) is 9.49. The zero-order chi connectivity index (χ0) is 9.68. The van der Waals surface area contributed by atoms with Gasteiger partial charge >= 0.3 is 0 Å². The Kier molecular flexibility index (Phi) is 3.23. The van der Waals surface area contributed by atoms with Crippen molar-refractivity contribution in [2.24, 2.45) is 7.05 Å². The van der Waals surface area contributed by atoms with Crippen LogP contribution in [0.4, 0.5) is 0 Å². The number of imidazole rings is 1. The number of aryl methyl sites for hydroxylation is 1. The predicted molar refractivity (Wildman–Crippen MR) is 49.8 cm³/mol. The highest BCUT2D eigenvalue weighted by Crippen LogP contribution is 2.09. The normalized spacial score (nSPS) is 12.0. The molecule has 1 unspecified atom stereocenters. The third-order valence-electron chi connectivity index (χ3n) is 1.75. The second-order valence-electron chi connectivity index (χ2n) is 2.69. The quantitative estimate of drug-likeness (QED) is 0.689. The van der Waals surface area contributed by atoms with Gasteiger partial charge in [-0.15, -0.1) is 6.58 Å². The van der Waals surface area contributed by atoms with E-state index >= 15 is 0 Å². The van der Waals surface area contributed by atoms with Crippen LogP contribution in [0.1, 0.15) is 11.7 Å². The summed E-state index contributed by atoms with van der Waals surface area (Å²) in [6, 6.07) is 1.85. The Hall–Kier alpha value is -1.60. The van der Waals surface area contributed by atoms with Crippen LogP contribution in [0, 0.1) is 11.3 Å². The monoisotopic (exact) mass is 176 g/mol. The lowest BCUT2D eigenvalue weighted by molar-refractivity contribution is 0.636. The molecular weight excluding hydrogens is 164 g/mol. The van der Waals surface area contributed by atoms with E-state index in [0.29, 0.717) is 6.54 Å². The molecule has 0 aliphatic heterocycles. The minimum absolute atomic E-state index is 0.314. The van der Waals surface area contributed by atoms with E-state index in [0.717, 1.165) is 5.69 Å². The van der Waals surface area contributed by atoms with Gasteiger partial charge in [-0.1, -0.05) is 6.08 Å². The molecule has 0 saturated heterocycles. The Labute approximate surface area is 77.5 Å². The van der Waals surface area contributed by atoms with Gasteiger partial charge < -0.3 is 4.57 Å². The molecule has 0 fully saturated rings. The average Bonchev–Trinajstić information content (AvgIpc) is 2.54. The Morgan fingerprint density at radius 3 is 3.15 bits per heavy atom. The first-order chi connectivity index (χ1) is 6.29. The van der Waals surface area contributed by atoms with Crippen LogP contribution in [0.15, 0.2) is 25.2 Å². The van der Waals surface area contributed by atoms with Gasteiger partial charge in [0, 0.05) is 13.6 Å². The molecule has 0 aliphatic carbocycles. The smallest absolute Gasteiger partial charge is 0.138 e. The number of nitriles is 1. The third-order valence-corrected chi connectivity index (χ3v) is 1.75. The minimum Gasteiger partial charge on any atom is -0.335 e. The standard InChI is InChI=1S/C9H12N4/c1-3-4-12-8(5-10)9-6-11-7-13(9)2/h3,6-8,12H,1,4H2,2H3. The topological polar surface area (TPSA) is 53.6 Å². The molecule has 1 aromatic rings. The minimum atomic E-state index is -0.314. The molecule has 1 heterocycles. The molecule has 0 bridgehead atoms. The summed E-state index contributed by atoms with van der Waals surface area (Å²) in [4.78, 5) is 3.94. The molecule has 68 valence electrons. The fraction of sp³-hybridized carbons (Fsp3) is 0.333. The molecule has 4 nitrogen and oxygen atoms in total. The van der Waals surface area contributed by atoms with E-state index in [-0.39, 0.29) is 6.04 Å². The lowest BCUT2D eigenvalue weighted by atomic mass is 10.2. The number of hydrogen-bond acceptors (Lipinski definition) is 3. The summed E-state index contributed by atoms with van der Waals surface area (Å²) in [6.07, 6.45) is 5.08. The van der Waals surface area contributed by atoms with Crippen molar-refractivity contribution in [3.63, 3.8) is 0 Å². The van der Waals surface area contributed by atoms with Crippen LogP contribution in [0.25, 0.3) is 0 Å². The second-order valence-corrected chi connectivity index (χ2v) is 2.69. The maximum atomic E-state index is 8.86. The maximum absolute atomic E-state index is 8.86. The highest BCUT2D eigenvalue weighted by atomic mass is 15.1. The van der Waals surface area contributed by atoms with Gasteiger partial charge in [0.1, 0.15) is 6.04 Å². The number of nitrogens with zero attached hydrogens (tertiary/aromatic N) is 3. The molecule has 1 rings (SSSR count). The van der Waals surface area contributed by atoms with Crippen LogP contribution in [-0.2, 0) is 7.05 Å². The lowest BCUT2D eigenvalue weighted by Crippen LogP contribution is -2.21. The Morgan fingerprint density at radius 2 is 2.69 bits per heavy atom. The highest BCUT2D eigenvalue weighted by Gasteiger charge is 2.11. The molecule has 4 heteroatoms. The molecule has 1 N–H and O–H groups in total. The highest BCUT2D eigenvalue weighted by molar-refractivity contribution is 5.13. The van der Waals surface area contributed by atoms with Crippen LogP contribution in [-0.4, -0.2) is 16.1 Å². The van der Waals surface area contributed by atoms with E-state index in [9.17, 15) is 0 Å². The van der Waals surface area contributed by atoms with Crippen molar-refractivity contribution in [3.05, 3.63) is 30.9 Å². The van der Waals surface area contributed by atoms with Gasteiger partial charge in [-0.05, 0) is 0 Å². The Balaban J connectivity index is 2.73. The molecule has 0 amide bonds. The number of nitrogens with one attached hydrogen (secondary N) is 1. The number of hydrogen-bond donors (Lipinski definition) is 1. The Bertz CT molecular complexity index is 321. The van der Waals surface area contributed by atoms with Crippen molar-refractivity contribution in [1.29, 1.82) is 5.26 Å². The molecule has 0 aliphatic rings. The summed E-state index contributed by atoms with van der Waals surface area (Å²) in [5.74, 6) is 0. The summed E-state index contributed by atoms with van der Waals surface area (Å²) in [6.45, 7) is 4.19. The van der Waals surface area contributed by atoms with Crippen LogP contribution in [0.5, 0.6) is 0 Å². The summed E-state index contributed by atoms with van der Waals surface area (Å²) in [5, 5.41) is 11.9. The van der Waals surface area contributed by atoms with Crippen molar-refractivity contribution in [2.75, 3.05) is 6.54 Å². The molecule has 0 aromatic carbocycles. The second kappa shape index (κ2) is 4.43. The van der Waals surface area contributed by atoms with Gasteiger partial charge in [0.15, 0.2) is 0 Å². The van der Waals surface area contributed by atoms with Crippen molar-refractivity contribution in [2.45, 2.75) is 6.04 Å². The summed E-state index contributed by atoms with van der Waals surface area (Å²) in [5.41, 5.74) is 0.865. The molecule has 1 aromatic heterocycles. The van der Waals surface area contributed by atoms with Gasteiger partial charge in [-0.25, -0.2) is 4.98 Å². The molecule has 0 saturated carbocycles. The number of rotatable bonds is 4. The Morgan fingerprint density at radius 1 is 1.92 bits per heavy atom. The van der Waals surface area contributed by atoms with Crippen LogP contribution in [0.3, 0.4) is 0 Å². The van der Waals surface area contributed by atoms with Crippen molar-refractivity contribution in [3.8, 4) is 6.07 Å². The maximum Gasteiger partial charge on any atom is 0.138 e. The van der Waals surface area contributed by atoms with Gasteiger partial charge in [0.05, 0.1) is 24.3 Å². The van der Waals surface area contributed by atoms with Crippen LogP contribution in [0.2, 0.25) is 0 Å². The third kappa shape index (κ3) is 2.17. The predicted octanol–water partition coefficient (Wildman–Crippen LogP) is 0.760. The van der Waals surface area contributed by atoms with E-state index in [2.05, 4.69) is 22.9 Å². The van der Waals surface area contributed by atoms with Gasteiger partial charge in [0.2, 0.25) is 0 Å². The van der Waals surface area contributed by atoms with E-state index in [4.69, 9.17) is 5.26 Å². The summed E-state index contributed by atoms with van der Waals surface area (Å²) >= 11 is 0. The van der Waals surface area contributed by atoms with Gasteiger partial charge in [-0.2, -0.15) is 5.26 Å². The lowest BCUT2D eigenvalue weighted by Gasteiger charge is -2.09. The molecule has 13 heavy (non-hydrogen) atoms. The zero-order valence-electron chi connectivity index (χ0n) is 7.57. The molecule has 0 spiro atoms.